The second-order valence-corrected chi connectivity index (χ2v) is 9.67. The number of nitrogens with zero attached hydrogens (tertiary/aromatic N) is 2. The van der Waals surface area contributed by atoms with Gasteiger partial charge in [-0.2, -0.15) is 0 Å². The van der Waals surface area contributed by atoms with Crippen LogP contribution in [0.4, 0.5) is 5.69 Å². The van der Waals surface area contributed by atoms with Gasteiger partial charge in [-0.05, 0) is 44.9 Å². The van der Waals surface area contributed by atoms with Gasteiger partial charge in [-0.25, -0.2) is 8.42 Å². The fourth-order valence-electron chi connectivity index (χ4n) is 3.18. The Bertz CT molecular complexity index is 963. The van der Waals surface area contributed by atoms with Crippen molar-refractivity contribution in [3.05, 3.63) is 66.2 Å². The molecular weight excluding hydrogens is 414 g/mol. The van der Waals surface area contributed by atoms with E-state index in [1.807, 2.05) is 44.2 Å². The molecule has 2 aromatic rings. The normalized spacial score (nSPS) is 12.3. The molecule has 0 saturated carbocycles. The maximum Gasteiger partial charge on any atom is 0.244 e. The summed E-state index contributed by atoms with van der Waals surface area (Å²) in [5, 5.41) is 2.83. The molecule has 31 heavy (non-hydrogen) atoms. The third-order valence-corrected chi connectivity index (χ3v) is 5.95. The lowest BCUT2D eigenvalue weighted by Gasteiger charge is -2.31. The van der Waals surface area contributed by atoms with Gasteiger partial charge in [-0.15, -0.1) is 0 Å². The van der Waals surface area contributed by atoms with Crippen LogP contribution >= 0.6 is 0 Å². The lowest BCUT2D eigenvalue weighted by atomic mass is 10.1. The molecule has 0 unspecified atom stereocenters. The van der Waals surface area contributed by atoms with Gasteiger partial charge in [0.1, 0.15) is 12.6 Å². The molecule has 0 spiro atoms. The maximum absolute atomic E-state index is 13.3. The van der Waals surface area contributed by atoms with E-state index >= 15 is 0 Å². The lowest BCUT2D eigenvalue weighted by Crippen LogP contribution is -2.53. The number of anilines is 1. The molecule has 1 atom stereocenters. The van der Waals surface area contributed by atoms with Gasteiger partial charge in [0.2, 0.25) is 21.8 Å². The number of nitrogens with one attached hydrogen (secondary N) is 1. The summed E-state index contributed by atoms with van der Waals surface area (Å²) < 4.78 is 25.9. The zero-order valence-corrected chi connectivity index (χ0v) is 19.3. The lowest BCUT2D eigenvalue weighted by molar-refractivity contribution is -0.139. The first-order valence-electron chi connectivity index (χ1n) is 10.3. The Kier molecular flexibility index (Phi) is 8.62. The minimum Gasteiger partial charge on any atom is -0.352 e. The van der Waals surface area contributed by atoms with Crippen molar-refractivity contribution in [3.63, 3.8) is 0 Å². The molecule has 0 radical (unpaired) electrons. The van der Waals surface area contributed by atoms with E-state index < -0.39 is 22.0 Å². The number of para-hydroxylation sites is 1. The van der Waals surface area contributed by atoms with Crippen LogP contribution in [-0.2, 0) is 26.0 Å². The van der Waals surface area contributed by atoms with Crippen molar-refractivity contribution < 1.29 is 18.0 Å². The largest absolute Gasteiger partial charge is 0.352 e. The van der Waals surface area contributed by atoms with Crippen molar-refractivity contribution in [1.29, 1.82) is 0 Å². The SMILES string of the molecule is CC(C)NC(=O)[C@H](C)N(CCc1ccccc1)C(=O)CN(c1ccccc1)S(C)(=O)=O. The van der Waals surface area contributed by atoms with Gasteiger partial charge in [0.25, 0.3) is 0 Å². The van der Waals surface area contributed by atoms with Crippen molar-refractivity contribution in [2.45, 2.75) is 39.3 Å². The van der Waals surface area contributed by atoms with Crippen molar-refractivity contribution in [2.75, 3.05) is 23.7 Å². The first-order valence-corrected chi connectivity index (χ1v) is 12.1. The summed E-state index contributed by atoms with van der Waals surface area (Å²) in [4.78, 5) is 27.3. The van der Waals surface area contributed by atoms with Crippen molar-refractivity contribution in [2.24, 2.45) is 0 Å². The van der Waals surface area contributed by atoms with Crippen LogP contribution in [-0.4, -0.2) is 56.6 Å². The molecule has 8 heteroatoms. The molecule has 2 amide bonds. The van der Waals surface area contributed by atoms with E-state index in [-0.39, 0.29) is 18.5 Å². The minimum atomic E-state index is -3.69. The summed E-state index contributed by atoms with van der Waals surface area (Å²) in [6, 6.07) is 17.3. The summed E-state index contributed by atoms with van der Waals surface area (Å²) in [7, 11) is -3.69. The Morgan fingerprint density at radius 2 is 1.48 bits per heavy atom. The van der Waals surface area contributed by atoms with Gasteiger partial charge in [0.15, 0.2) is 0 Å². The second-order valence-electron chi connectivity index (χ2n) is 7.77. The second kappa shape index (κ2) is 10.9. The Labute approximate surface area is 185 Å². The fourth-order valence-corrected chi connectivity index (χ4v) is 4.03. The van der Waals surface area contributed by atoms with Crippen LogP contribution < -0.4 is 9.62 Å². The van der Waals surface area contributed by atoms with Crippen molar-refractivity contribution >= 4 is 27.5 Å². The highest BCUT2D eigenvalue weighted by Gasteiger charge is 2.29. The van der Waals surface area contributed by atoms with Crippen LogP contribution in [0.25, 0.3) is 0 Å². The first-order chi connectivity index (χ1) is 14.6. The summed E-state index contributed by atoms with van der Waals surface area (Å²) in [6.45, 7) is 5.27. The highest BCUT2D eigenvalue weighted by Crippen LogP contribution is 2.17. The maximum atomic E-state index is 13.3. The van der Waals surface area contributed by atoms with E-state index in [1.165, 1.54) is 4.90 Å². The average molecular weight is 446 g/mol. The molecular formula is C23H31N3O4S. The van der Waals surface area contributed by atoms with Crippen LogP contribution in [0.2, 0.25) is 0 Å². The van der Waals surface area contributed by atoms with E-state index in [2.05, 4.69) is 5.32 Å². The molecule has 0 saturated heterocycles. The molecule has 0 aromatic heterocycles. The van der Waals surface area contributed by atoms with Gasteiger partial charge in [0, 0.05) is 12.6 Å². The summed E-state index contributed by atoms with van der Waals surface area (Å²) in [5.74, 6) is -0.710. The molecule has 2 aromatic carbocycles. The molecule has 0 heterocycles. The van der Waals surface area contributed by atoms with Crippen LogP contribution in [0.15, 0.2) is 60.7 Å². The Morgan fingerprint density at radius 3 is 2.00 bits per heavy atom. The molecule has 1 N–H and O–H groups in total. The molecule has 0 fully saturated rings. The van der Waals surface area contributed by atoms with Gasteiger partial charge in [-0.3, -0.25) is 13.9 Å². The van der Waals surface area contributed by atoms with Crippen LogP contribution in [0.1, 0.15) is 26.3 Å². The Hall–Kier alpha value is -2.87. The number of carbonyl (C=O) groups excluding carboxylic acids is 2. The van der Waals surface area contributed by atoms with Crippen LogP contribution in [0.3, 0.4) is 0 Å². The van der Waals surface area contributed by atoms with Gasteiger partial charge in [0.05, 0.1) is 11.9 Å². The number of sulfonamides is 1. The molecule has 0 aliphatic rings. The highest BCUT2D eigenvalue weighted by atomic mass is 32.2. The van der Waals surface area contributed by atoms with E-state index in [0.717, 1.165) is 16.1 Å². The standard InChI is InChI=1S/C23H31N3O4S/c1-18(2)24-23(28)19(3)25(16-15-20-11-7-5-8-12-20)22(27)17-26(31(4,29)30)21-13-9-6-10-14-21/h5-14,18-19H,15-17H2,1-4H3,(H,24,28)/t19-/m0/s1. The van der Waals surface area contributed by atoms with Crippen LogP contribution in [0.5, 0.6) is 0 Å². The van der Waals surface area contributed by atoms with Crippen molar-refractivity contribution in [1.82, 2.24) is 10.2 Å². The molecule has 0 aliphatic heterocycles. The van der Waals surface area contributed by atoms with Gasteiger partial charge < -0.3 is 10.2 Å². The molecule has 2 rings (SSSR count). The van der Waals surface area contributed by atoms with E-state index in [0.29, 0.717) is 18.7 Å². The third-order valence-electron chi connectivity index (χ3n) is 4.81. The van der Waals surface area contributed by atoms with E-state index in [1.54, 1.807) is 37.3 Å². The number of hydrogen-bond acceptors (Lipinski definition) is 4. The number of hydrogen-bond donors (Lipinski definition) is 1. The molecule has 7 nitrogen and oxygen atoms in total. The van der Waals surface area contributed by atoms with E-state index in [4.69, 9.17) is 0 Å². The third kappa shape index (κ3) is 7.40. The Morgan fingerprint density at radius 1 is 0.935 bits per heavy atom. The van der Waals surface area contributed by atoms with E-state index in [9.17, 15) is 18.0 Å². The topological polar surface area (TPSA) is 86.8 Å². The summed E-state index contributed by atoms with van der Waals surface area (Å²) >= 11 is 0. The number of rotatable bonds is 10. The van der Waals surface area contributed by atoms with Gasteiger partial charge >= 0.3 is 0 Å². The first kappa shape index (κ1) is 24.4. The predicted octanol–water partition coefficient (Wildman–Crippen LogP) is 2.44. The average Bonchev–Trinajstić information content (AvgIpc) is 2.72. The fraction of sp³-hybridized carbons (Fsp3) is 0.391. The molecule has 0 aliphatic carbocycles. The monoisotopic (exact) mass is 445 g/mol. The number of amides is 2. The Balaban J connectivity index is 2.27. The smallest absolute Gasteiger partial charge is 0.244 e. The molecule has 0 bridgehead atoms. The molecule has 168 valence electrons. The quantitative estimate of drug-likeness (QED) is 0.609. The number of benzene rings is 2. The minimum absolute atomic E-state index is 0.0714. The number of carbonyl (C=O) groups is 2. The zero-order chi connectivity index (χ0) is 23.0. The summed E-state index contributed by atoms with van der Waals surface area (Å²) in [5.41, 5.74) is 1.43. The highest BCUT2D eigenvalue weighted by molar-refractivity contribution is 7.92. The van der Waals surface area contributed by atoms with Gasteiger partial charge in [-0.1, -0.05) is 48.5 Å². The predicted molar refractivity (Wildman–Crippen MR) is 123 cm³/mol. The summed E-state index contributed by atoms with van der Waals surface area (Å²) in [6.07, 6.45) is 1.62. The zero-order valence-electron chi connectivity index (χ0n) is 18.5. The van der Waals surface area contributed by atoms with Crippen LogP contribution in [0, 0.1) is 0 Å². The van der Waals surface area contributed by atoms with Crippen molar-refractivity contribution in [3.8, 4) is 0 Å².